The predicted octanol–water partition coefficient (Wildman–Crippen LogP) is 6.11. The highest BCUT2D eigenvalue weighted by Gasteiger charge is 2.15. The zero-order chi connectivity index (χ0) is 24.1. The average Bonchev–Trinajstić information content (AvgIpc) is 3.42. The van der Waals surface area contributed by atoms with Gasteiger partial charge in [-0.15, -0.1) is 21.5 Å². The number of aromatic nitrogens is 4. The van der Waals surface area contributed by atoms with E-state index in [1.807, 2.05) is 67.1 Å². The summed E-state index contributed by atoms with van der Waals surface area (Å²) in [5.41, 5.74) is 4.14. The highest BCUT2D eigenvalue weighted by Crippen LogP contribution is 2.26. The van der Waals surface area contributed by atoms with E-state index in [9.17, 15) is 4.79 Å². The van der Waals surface area contributed by atoms with Gasteiger partial charge in [-0.2, -0.15) is 0 Å². The second kappa shape index (κ2) is 11.2. The summed E-state index contributed by atoms with van der Waals surface area (Å²) in [6, 6.07) is 14.0. The van der Waals surface area contributed by atoms with E-state index in [2.05, 4.69) is 42.5 Å². The summed E-state index contributed by atoms with van der Waals surface area (Å²) in [5, 5.41) is 14.6. The van der Waals surface area contributed by atoms with Crippen molar-refractivity contribution >= 4 is 50.1 Å². The summed E-state index contributed by atoms with van der Waals surface area (Å²) in [7, 11) is 0. The Balaban J connectivity index is 1.33. The monoisotopic (exact) mass is 557 g/mol. The molecule has 0 unspecified atom stereocenters. The Morgan fingerprint density at radius 3 is 2.59 bits per heavy atom. The van der Waals surface area contributed by atoms with Crippen LogP contribution in [0.3, 0.4) is 0 Å². The number of thioether (sulfide) groups is 1. The zero-order valence-electron chi connectivity index (χ0n) is 19.0. The number of carbonyl (C=O) groups excluding carboxylic acids is 1. The molecule has 4 aromatic rings. The molecule has 0 spiro atoms. The molecule has 0 atom stereocenters. The standard InChI is InChI=1S/C24H24BrN5O2S2/c1-4-30-21(12-32-19-10-15(2)9-16(3)11-19)28-29-24(30)34-14-22(31)27-23-26-20(13-33-23)17-5-7-18(25)8-6-17/h5-11,13H,4,12,14H2,1-3H3,(H,26,27,31). The first-order valence-electron chi connectivity index (χ1n) is 10.7. The van der Waals surface area contributed by atoms with E-state index in [-0.39, 0.29) is 11.7 Å². The van der Waals surface area contributed by atoms with Crippen molar-refractivity contribution < 1.29 is 9.53 Å². The molecule has 0 saturated carbocycles. The van der Waals surface area contributed by atoms with Gasteiger partial charge >= 0.3 is 0 Å². The van der Waals surface area contributed by atoms with Crippen LogP contribution in [0.1, 0.15) is 23.9 Å². The summed E-state index contributed by atoms with van der Waals surface area (Å²) in [5.74, 6) is 1.61. The van der Waals surface area contributed by atoms with Gasteiger partial charge in [-0.1, -0.05) is 45.9 Å². The Labute approximate surface area is 215 Å². The number of halogens is 1. The van der Waals surface area contributed by atoms with Gasteiger partial charge in [-0.25, -0.2) is 4.98 Å². The molecule has 0 aliphatic heterocycles. The molecule has 0 radical (unpaired) electrons. The molecule has 0 aliphatic carbocycles. The Morgan fingerprint density at radius 1 is 1.15 bits per heavy atom. The normalized spacial score (nSPS) is 10.9. The van der Waals surface area contributed by atoms with Crippen molar-refractivity contribution in [1.29, 1.82) is 0 Å². The maximum atomic E-state index is 12.5. The number of nitrogens with one attached hydrogen (secondary N) is 1. The number of rotatable bonds is 9. The van der Waals surface area contributed by atoms with Crippen LogP contribution in [0.2, 0.25) is 0 Å². The number of amides is 1. The lowest BCUT2D eigenvalue weighted by molar-refractivity contribution is -0.113. The van der Waals surface area contributed by atoms with Gasteiger partial charge in [0.15, 0.2) is 16.1 Å². The predicted molar refractivity (Wildman–Crippen MR) is 141 cm³/mol. The third kappa shape index (κ3) is 6.25. The van der Waals surface area contributed by atoms with Gasteiger partial charge in [-0.05, 0) is 56.2 Å². The van der Waals surface area contributed by atoms with Crippen molar-refractivity contribution in [2.75, 3.05) is 11.1 Å². The molecule has 0 bridgehead atoms. The molecular formula is C24H24BrN5O2S2. The van der Waals surface area contributed by atoms with Crippen molar-refractivity contribution in [2.45, 2.75) is 39.1 Å². The second-order valence-corrected chi connectivity index (χ2v) is 10.4. The molecule has 0 saturated heterocycles. The molecule has 1 N–H and O–H groups in total. The summed E-state index contributed by atoms with van der Waals surface area (Å²) in [4.78, 5) is 17.0. The Kier molecular flexibility index (Phi) is 8.02. The number of aryl methyl sites for hydroxylation is 2. The highest BCUT2D eigenvalue weighted by molar-refractivity contribution is 9.10. The minimum atomic E-state index is -0.139. The first-order chi connectivity index (χ1) is 16.4. The fraction of sp³-hybridized carbons (Fsp3) is 0.250. The van der Waals surface area contributed by atoms with Crippen LogP contribution in [-0.2, 0) is 17.9 Å². The van der Waals surface area contributed by atoms with E-state index in [0.717, 1.165) is 38.4 Å². The van der Waals surface area contributed by atoms with E-state index < -0.39 is 0 Å². The lowest BCUT2D eigenvalue weighted by atomic mass is 10.1. The number of ether oxygens (including phenoxy) is 1. The number of thiazole rings is 1. The molecule has 2 aromatic heterocycles. The van der Waals surface area contributed by atoms with Crippen LogP contribution >= 0.6 is 39.0 Å². The van der Waals surface area contributed by atoms with Gasteiger partial charge < -0.3 is 14.6 Å². The fourth-order valence-electron chi connectivity index (χ4n) is 3.38. The molecule has 7 nitrogen and oxygen atoms in total. The molecule has 4 rings (SSSR count). The lowest BCUT2D eigenvalue weighted by Crippen LogP contribution is -2.14. The van der Waals surface area contributed by atoms with Gasteiger partial charge in [0.1, 0.15) is 12.4 Å². The van der Waals surface area contributed by atoms with E-state index >= 15 is 0 Å². The van der Waals surface area contributed by atoms with Crippen molar-refractivity contribution in [3.05, 3.63) is 69.3 Å². The Bertz CT molecular complexity index is 1270. The number of carbonyl (C=O) groups is 1. The molecular weight excluding hydrogens is 534 g/mol. The van der Waals surface area contributed by atoms with Crippen LogP contribution in [0.5, 0.6) is 5.75 Å². The van der Waals surface area contributed by atoms with Crippen molar-refractivity contribution in [1.82, 2.24) is 19.7 Å². The Hall–Kier alpha value is -2.69. The smallest absolute Gasteiger partial charge is 0.236 e. The molecule has 176 valence electrons. The first-order valence-corrected chi connectivity index (χ1v) is 13.3. The quantitative estimate of drug-likeness (QED) is 0.250. The number of hydrogen-bond acceptors (Lipinski definition) is 7. The third-order valence-electron chi connectivity index (χ3n) is 4.90. The maximum Gasteiger partial charge on any atom is 0.236 e. The van der Waals surface area contributed by atoms with Gasteiger partial charge in [0.25, 0.3) is 0 Å². The summed E-state index contributed by atoms with van der Waals surface area (Å²) in [6.45, 7) is 7.11. The molecule has 0 fully saturated rings. The van der Waals surface area contributed by atoms with Gasteiger partial charge in [-0.3, -0.25) is 4.79 Å². The summed E-state index contributed by atoms with van der Waals surface area (Å²) < 4.78 is 8.92. The molecule has 2 heterocycles. The fourth-order valence-corrected chi connectivity index (χ4v) is 5.21. The summed E-state index contributed by atoms with van der Waals surface area (Å²) >= 11 is 6.18. The number of hydrogen-bond donors (Lipinski definition) is 1. The number of nitrogens with zero attached hydrogens (tertiary/aromatic N) is 4. The molecule has 10 heteroatoms. The minimum absolute atomic E-state index is 0.139. The molecule has 34 heavy (non-hydrogen) atoms. The van der Waals surface area contributed by atoms with Gasteiger partial charge in [0.2, 0.25) is 5.91 Å². The first kappa shape index (κ1) is 24.4. The van der Waals surface area contributed by atoms with Crippen molar-refractivity contribution in [3.63, 3.8) is 0 Å². The SMILES string of the molecule is CCn1c(COc2cc(C)cc(C)c2)nnc1SCC(=O)Nc1nc(-c2ccc(Br)cc2)cs1. The summed E-state index contributed by atoms with van der Waals surface area (Å²) in [6.07, 6.45) is 0. The largest absolute Gasteiger partial charge is 0.486 e. The van der Waals surface area contributed by atoms with Crippen molar-refractivity contribution in [2.24, 2.45) is 0 Å². The number of anilines is 1. The van der Waals surface area contributed by atoms with E-state index in [4.69, 9.17) is 4.74 Å². The second-order valence-electron chi connectivity index (χ2n) is 7.64. The van der Waals surface area contributed by atoms with E-state index in [1.165, 1.54) is 23.1 Å². The van der Waals surface area contributed by atoms with Gasteiger partial charge in [0, 0.05) is 22.0 Å². The highest BCUT2D eigenvalue weighted by atomic mass is 79.9. The van der Waals surface area contributed by atoms with E-state index in [1.54, 1.807) is 0 Å². The minimum Gasteiger partial charge on any atom is -0.486 e. The molecule has 1 amide bonds. The van der Waals surface area contributed by atoms with Crippen molar-refractivity contribution in [3.8, 4) is 17.0 Å². The van der Waals surface area contributed by atoms with Gasteiger partial charge in [0.05, 0.1) is 11.4 Å². The number of benzene rings is 2. The average molecular weight is 559 g/mol. The molecule has 0 aliphatic rings. The van der Waals surface area contributed by atoms with Crippen LogP contribution in [0.15, 0.2) is 57.5 Å². The van der Waals surface area contributed by atoms with Crippen LogP contribution in [0.4, 0.5) is 5.13 Å². The van der Waals surface area contributed by atoms with E-state index in [0.29, 0.717) is 23.4 Å². The molecule has 2 aromatic carbocycles. The Morgan fingerprint density at radius 2 is 1.88 bits per heavy atom. The maximum absolute atomic E-state index is 12.5. The topological polar surface area (TPSA) is 81.9 Å². The van der Waals surface area contributed by atoms with Crippen LogP contribution in [0, 0.1) is 13.8 Å². The third-order valence-corrected chi connectivity index (χ3v) is 7.15. The zero-order valence-corrected chi connectivity index (χ0v) is 22.3. The lowest BCUT2D eigenvalue weighted by Gasteiger charge is -2.10. The van der Waals surface area contributed by atoms with Crippen LogP contribution in [0.25, 0.3) is 11.3 Å². The van der Waals surface area contributed by atoms with Crippen LogP contribution in [-0.4, -0.2) is 31.4 Å². The van der Waals surface area contributed by atoms with Crippen LogP contribution < -0.4 is 10.1 Å².